The number of hydrogen-bond donors (Lipinski definition) is 1. The molecule has 0 aliphatic heterocycles. The van der Waals surface area contributed by atoms with Crippen molar-refractivity contribution in [1.82, 2.24) is 9.55 Å². The van der Waals surface area contributed by atoms with Gasteiger partial charge in [0.15, 0.2) is 5.16 Å². The van der Waals surface area contributed by atoms with Crippen LogP contribution in [0.1, 0.15) is 37.6 Å². The van der Waals surface area contributed by atoms with Crippen molar-refractivity contribution < 1.29 is 4.79 Å². The molecule has 1 unspecified atom stereocenters. The van der Waals surface area contributed by atoms with Crippen LogP contribution in [-0.4, -0.2) is 21.2 Å². The number of aryl methyl sites for hydroxylation is 1. The molecule has 1 amide bonds. The minimum Gasteiger partial charge on any atom is -0.325 e. The van der Waals surface area contributed by atoms with E-state index in [1.807, 2.05) is 30.3 Å². The maximum atomic E-state index is 13.9. The number of carbonyl (C=O) groups is 1. The molecule has 1 aliphatic carbocycles. The third-order valence-electron chi connectivity index (χ3n) is 6.75. The summed E-state index contributed by atoms with van der Waals surface area (Å²) in [5, 5.41) is 4.75. The van der Waals surface area contributed by atoms with Crippen molar-refractivity contribution in [3.05, 3.63) is 80.4 Å². The van der Waals surface area contributed by atoms with Crippen LogP contribution in [0.4, 0.5) is 5.69 Å². The van der Waals surface area contributed by atoms with Gasteiger partial charge in [0.1, 0.15) is 4.83 Å². The first-order chi connectivity index (χ1) is 17.2. The van der Waals surface area contributed by atoms with E-state index in [1.165, 1.54) is 16.6 Å². The number of carbonyl (C=O) groups excluding carboxylic acids is 1. The zero-order valence-corrected chi connectivity index (χ0v) is 22.9. The Morgan fingerprint density at radius 1 is 1.17 bits per heavy atom. The summed E-state index contributed by atoms with van der Waals surface area (Å²) in [5.74, 6) is 0.541. The molecule has 186 valence electrons. The third-order valence-corrected chi connectivity index (χ3v) is 9.09. The fraction of sp³-hybridized carbons (Fsp3) is 0.321. The second-order valence-electron chi connectivity index (χ2n) is 10.2. The minimum atomic E-state index is -0.172. The molecule has 0 radical (unpaired) electrons. The maximum absolute atomic E-state index is 13.9. The second kappa shape index (κ2) is 10.0. The lowest BCUT2D eigenvalue weighted by molar-refractivity contribution is -0.113. The van der Waals surface area contributed by atoms with Gasteiger partial charge in [-0.3, -0.25) is 14.2 Å². The van der Waals surface area contributed by atoms with Crippen molar-refractivity contribution in [1.29, 1.82) is 0 Å². The lowest BCUT2D eigenvalue weighted by Gasteiger charge is -2.33. The first-order valence-electron chi connectivity index (χ1n) is 12.0. The van der Waals surface area contributed by atoms with E-state index in [0.29, 0.717) is 21.8 Å². The number of para-hydroxylation sites is 1. The normalized spacial score (nSPS) is 15.6. The van der Waals surface area contributed by atoms with Crippen LogP contribution in [0, 0.1) is 11.3 Å². The van der Waals surface area contributed by atoms with Crippen molar-refractivity contribution in [3.8, 4) is 5.69 Å². The molecule has 8 heteroatoms. The number of hydrogen-bond acceptors (Lipinski definition) is 5. The minimum absolute atomic E-state index is 0.0569. The van der Waals surface area contributed by atoms with Crippen molar-refractivity contribution in [3.63, 3.8) is 0 Å². The molecule has 1 N–H and O–H groups in total. The molecule has 4 aromatic rings. The molecule has 2 heterocycles. The van der Waals surface area contributed by atoms with E-state index < -0.39 is 0 Å². The Morgan fingerprint density at radius 2 is 1.89 bits per heavy atom. The number of thioether (sulfide) groups is 1. The van der Waals surface area contributed by atoms with E-state index in [1.54, 1.807) is 40.2 Å². The molecule has 0 bridgehead atoms. The van der Waals surface area contributed by atoms with E-state index in [-0.39, 0.29) is 22.6 Å². The molecule has 0 fully saturated rings. The van der Waals surface area contributed by atoms with Crippen LogP contribution in [0.2, 0.25) is 5.02 Å². The average molecular weight is 538 g/mol. The SMILES string of the molecule is CC(C)(C)C1CCc2c(sc3nc(SCC(=O)Nc4ccc(Cl)cc4)n(-c4ccccc4)c(=O)c23)C1. The summed E-state index contributed by atoms with van der Waals surface area (Å²) in [5.41, 5.74) is 2.76. The van der Waals surface area contributed by atoms with Crippen molar-refractivity contribution in [2.45, 2.75) is 45.2 Å². The summed E-state index contributed by atoms with van der Waals surface area (Å²) in [6.07, 6.45) is 2.96. The molecule has 2 aromatic carbocycles. The quantitative estimate of drug-likeness (QED) is 0.220. The Kier molecular flexibility index (Phi) is 6.99. The largest absolute Gasteiger partial charge is 0.325 e. The monoisotopic (exact) mass is 537 g/mol. The van der Waals surface area contributed by atoms with Gasteiger partial charge in [-0.1, -0.05) is 62.3 Å². The molecular formula is C28H28ClN3O2S2. The Hall–Kier alpha value is -2.61. The number of anilines is 1. The predicted octanol–water partition coefficient (Wildman–Crippen LogP) is 6.98. The van der Waals surface area contributed by atoms with Gasteiger partial charge in [-0.2, -0.15) is 0 Å². The Labute approximate surface area is 223 Å². The van der Waals surface area contributed by atoms with Crippen LogP contribution in [0.25, 0.3) is 15.9 Å². The van der Waals surface area contributed by atoms with E-state index in [0.717, 1.165) is 40.7 Å². The van der Waals surface area contributed by atoms with E-state index in [4.69, 9.17) is 16.6 Å². The van der Waals surface area contributed by atoms with Gasteiger partial charge in [0, 0.05) is 15.6 Å². The van der Waals surface area contributed by atoms with Gasteiger partial charge in [-0.15, -0.1) is 11.3 Å². The Bertz CT molecular complexity index is 1470. The zero-order chi connectivity index (χ0) is 25.4. The topological polar surface area (TPSA) is 64.0 Å². The summed E-state index contributed by atoms with van der Waals surface area (Å²) in [4.78, 5) is 33.6. The van der Waals surface area contributed by atoms with Crippen molar-refractivity contribution >= 4 is 56.5 Å². The average Bonchev–Trinajstić information content (AvgIpc) is 3.22. The fourth-order valence-corrected chi connectivity index (χ4v) is 6.99. The summed E-state index contributed by atoms with van der Waals surface area (Å²) in [6, 6.07) is 16.5. The zero-order valence-electron chi connectivity index (χ0n) is 20.5. The summed E-state index contributed by atoms with van der Waals surface area (Å²) in [6.45, 7) is 6.88. The molecule has 0 spiro atoms. The Balaban J connectivity index is 1.50. The molecule has 0 saturated heterocycles. The van der Waals surface area contributed by atoms with E-state index in [2.05, 4.69) is 26.1 Å². The number of halogens is 1. The van der Waals surface area contributed by atoms with Crippen LogP contribution < -0.4 is 10.9 Å². The second-order valence-corrected chi connectivity index (χ2v) is 12.7. The van der Waals surface area contributed by atoms with Crippen LogP contribution in [0.3, 0.4) is 0 Å². The van der Waals surface area contributed by atoms with Gasteiger partial charge in [-0.25, -0.2) is 4.98 Å². The van der Waals surface area contributed by atoms with Crippen LogP contribution in [-0.2, 0) is 17.6 Å². The molecule has 5 nitrogen and oxygen atoms in total. The molecule has 1 aliphatic rings. The number of nitrogens with zero attached hydrogens (tertiary/aromatic N) is 2. The molecule has 1 atom stereocenters. The molecule has 5 rings (SSSR count). The number of benzene rings is 2. The highest BCUT2D eigenvalue weighted by Gasteiger charge is 2.32. The van der Waals surface area contributed by atoms with Crippen LogP contribution in [0.15, 0.2) is 64.5 Å². The van der Waals surface area contributed by atoms with Crippen molar-refractivity contribution in [2.24, 2.45) is 11.3 Å². The Morgan fingerprint density at radius 3 is 2.58 bits per heavy atom. The highest BCUT2D eigenvalue weighted by Crippen LogP contribution is 2.42. The first kappa shape index (κ1) is 25.1. The molecule has 36 heavy (non-hydrogen) atoms. The van der Waals surface area contributed by atoms with E-state index >= 15 is 0 Å². The number of rotatable bonds is 5. The van der Waals surface area contributed by atoms with Gasteiger partial charge in [0.2, 0.25) is 5.91 Å². The number of aromatic nitrogens is 2. The van der Waals surface area contributed by atoms with Gasteiger partial charge in [0.05, 0.1) is 16.8 Å². The number of nitrogens with one attached hydrogen (secondary N) is 1. The summed E-state index contributed by atoms with van der Waals surface area (Å²) < 4.78 is 1.66. The maximum Gasteiger partial charge on any atom is 0.267 e. The van der Waals surface area contributed by atoms with Gasteiger partial charge < -0.3 is 5.32 Å². The first-order valence-corrected chi connectivity index (χ1v) is 14.2. The molecule has 2 aromatic heterocycles. The summed E-state index contributed by atoms with van der Waals surface area (Å²) >= 11 is 8.85. The third kappa shape index (κ3) is 5.10. The lowest BCUT2D eigenvalue weighted by Crippen LogP contribution is -2.27. The number of amides is 1. The van der Waals surface area contributed by atoms with E-state index in [9.17, 15) is 9.59 Å². The highest BCUT2D eigenvalue weighted by atomic mass is 35.5. The van der Waals surface area contributed by atoms with Gasteiger partial charge in [0.25, 0.3) is 5.56 Å². The smallest absolute Gasteiger partial charge is 0.267 e. The predicted molar refractivity (Wildman–Crippen MR) is 151 cm³/mol. The van der Waals surface area contributed by atoms with Gasteiger partial charge in [-0.05, 0) is 72.6 Å². The fourth-order valence-electron chi connectivity index (χ4n) is 4.71. The van der Waals surface area contributed by atoms with Crippen LogP contribution >= 0.6 is 34.7 Å². The standard InChI is InChI=1S/C28H28ClN3O2S2/c1-28(2,3)17-9-14-21-22(15-17)36-25-24(21)26(34)32(20-7-5-4-6-8-20)27(31-25)35-16-23(33)30-19-12-10-18(29)11-13-19/h4-8,10-13,17H,9,14-16H2,1-3H3,(H,30,33). The van der Waals surface area contributed by atoms with Crippen LogP contribution in [0.5, 0.6) is 0 Å². The highest BCUT2D eigenvalue weighted by molar-refractivity contribution is 7.99. The number of fused-ring (bicyclic) bond motifs is 3. The number of thiophene rings is 1. The molecule has 0 saturated carbocycles. The van der Waals surface area contributed by atoms with Gasteiger partial charge >= 0.3 is 0 Å². The molecular weight excluding hydrogens is 510 g/mol. The lowest BCUT2D eigenvalue weighted by atomic mass is 9.72. The van der Waals surface area contributed by atoms with Crippen molar-refractivity contribution in [2.75, 3.05) is 11.1 Å². The summed E-state index contributed by atoms with van der Waals surface area (Å²) in [7, 11) is 0.